The van der Waals surface area contributed by atoms with E-state index in [1.54, 1.807) is 12.1 Å². The molecule has 2 aromatic carbocycles. The van der Waals surface area contributed by atoms with Gasteiger partial charge in [-0.25, -0.2) is 4.39 Å². The smallest absolute Gasteiger partial charge is 0.255 e. The molecule has 19 heavy (non-hydrogen) atoms. The molecule has 3 heteroatoms. The zero-order valence-electron chi connectivity index (χ0n) is 11.0. The van der Waals surface area contributed by atoms with Crippen LogP contribution in [0.2, 0.25) is 0 Å². The summed E-state index contributed by atoms with van der Waals surface area (Å²) in [6, 6.07) is 11.4. The molecule has 0 aliphatic heterocycles. The molecular formula is C16H16FNO. The van der Waals surface area contributed by atoms with Crippen LogP contribution in [0.5, 0.6) is 0 Å². The maximum Gasteiger partial charge on any atom is 0.255 e. The van der Waals surface area contributed by atoms with Gasteiger partial charge in [-0.3, -0.25) is 4.79 Å². The molecule has 0 heterocycles. The Hall–Kier alpha value is -2.16. The van der Waals surface area contributed by atoms with Gasteiger partial charge in [-0.2, -0.15) is 0 Å². The maximum atomic E-state index is 12.8. The van der Waals surface area contributed by atoms with Crippen molar-refractivity contribution < 1.29 is 9.18 Å². The Kier molecular flexibility index (Phi) is 3.95. The van der Waals surface area contributed by atoms with E-state index in [1.807, 2.05) is 32.0 Å². The molecule has 0 fully saturated rings. The lowest BCUT2D eigenvalue weighted by Gasteiger charge is -2.11. The fourth-order valence-corrected chi connectivity index (χ4v) is 2.12. The van der Waals surface area contributed by atoms with Gasteiger partial charge in [0, 0.05) is 11.3 Å². The van der Waals surface area contributed by atoms with Gasteiger partial charge in [-0.1, -0.05) is 19.1 Å². The summed E-state index contributed by atoms with van der Waals surface area (Å²) in [7, 11) is 0. The Morgan fingerprint density at radius 1 is 1.16 bits per heavy atom. The van der Waals surface area contributed by atoms with Crippen LogP contribution in [0.25, 0.3) is 0 Å². The molecule has 2 aromatic rings. The van der Waals surface area contributed by atoms with Crippen LogP contribution in [-0.2, 0) is 6.42 Å². The van der Waals surface area contributed by atoms with Crippen LogP contribution in [0.15, 0.2) is 42.5 Å². The number of anilines is 1. The lowest BCUT2D eigenvalue weighted by molar-refractivity contribution is 0.102. The Morgan fingerprint density at radius 2 is 1.84 bits per heavy atom. The number of amides is 1. The average molecular weight is 257 g/mol. The Morgan fingerprint density at radius 3 is 2.47 bits per heavy atom. The first-order chi connectivity index (χ1) is 9.11. The van der Waals surface area contributed by atoms with Crippen LogP contribution >= 0.6 is 0 Å². The van der Waals surface area contributed by atoms with Gasteiger partial charge in [0.2, 0.25) is 0 Å². The van der Waals surface area contributed by atoms with E-state index in [0.717, 1.165) is 17.5 Å². The van der Waals surface area contributed by atoms with Gasteiger partial charge < -0.3 is 5.32 Å². The molecule has 2 rings (SSSR count). The predicted octanol–water partition coefficient (Wildman–Crippen LogP) is 3.95. The molecule has 0 saturated heterocycles. The predicted molar refractivity (Wildman–Crippen MR) is 74.9 cm³/mol. The number of carbonyl (C=O) groups is 1. The number of hydrogen-bond acceptors (Lipinski definition) is 1. The summed E-state index contributed by atoms with van der Waals surface area (Å²) in [5, 5.41) is 2.78. The number of benzene rings is 2. The van der Waals surface area contributed by atoms with E-state index in [4.69, 9.17) is 0 Å². The van der Waals surface area contributed by atoms with Crippen molar-refractivity contribution in [3.63, 3.8) is 0 Å². The molecule has 0 aromatic heterocycles. The van der Waals surface area contributed by atoms with Gasteiger partial charge in [0.05, 0.1) is 0 Å². The second-order valence-corrected chi connectivity index (χ2v) is 4.42. The first-order valence-corrected chi connectivity index (χ1v) is 6.27. The molecule has 0 spiro atoms. The van der Waals surface area contributed by atoms with Crippen LogP contribution < -0.4 is 5.32 Å². The minimum atomic E-state index is -0.317. The third kappa shape index (κ3) is 2.99. The van der Waals surface area contributed by atoms with Gasteiger partial charge >= 0.3 is 0 Å². The Bertz CT molecular complexity index is 590. The maximum absolute atomic E-state index is 12.8. The number of hydrogen-bond donors (Lipinski definition) is 1. The minimum Gasteiger partial charge on any atom is -0.322 e. The summed E-state index contributed by atoms with van der Waals surface area (Å²) in [5.74, 6) is -0.477. The largest absolute Gasteiger partial charge is 0.322 e. The minimum absolute atomic E-state index is 0.160. The quantitative estimate of drug-likeness (QED) is 0.886. The van der Waals surface area contributed by atoms with Gasteiger partial charge in [0.15, 0.2) is 0 Å². The summed E-state index contributed by atoms with van der Waals surface area (Å²) < 4.78 is 12.8. The third-order valence-electron chi connectivity index (χ3n) is 3.11. The summed E-state index contributed by atoms with van der Waals surface area (Å²) in [5.41, 5.74) is 3.41. The van der Waals surface area contributed by atoms with Crippen molar-refractivity contribution in [1.82, 2.24) is 0 Å². The summed E-state index contributed by atoms with van der Waals surface area (Å²) in [6.45, 7) is 4.02. The van der Waals surface area contributed by atoms with Gasteiger partial charge in [-0.05, 0) is 54.8 Å². The van der Waals surface area contributed by atoms with Crippen LogP contribution in [-0.4, -0.2) is 5.91 Å². The van der Waals surface area contributed by atoms with Crippen LogP contribution in [0, 0.1) is 12.7 Å². The molecule has 1 N–H and O–H groups in total. The van der Waals surface area contributed by atoms with Crippen molar-refractivity contribution in [2.24, 2.45) is 0 Å². The zero-order valence-corrected chi connectivity index (χ0v) is 11.0. The van der Waals surface area contributed by atoms with Gasteiger partial charge in [-0.15, -0.1) is 0 Å². The highest BCUT2D eigenvalue weighted by atomic mass is 19.1. The normalized spacial score (nSPS) is 10.3. The molecule has 1 amide bonds. The SMILES string of the molecule is CCc1c(C)cccc1C(=O)Nc1ccc(F)cc1. The number of rotatable bonds is 3. The average Bonchev–Trinajstić information content (AvgIpc) is 2.41. The standard InChI is InChI=1S/C16H16FNO/c1-3-14-11(2)5-4-6-15(14)16(19)18-13-9-7-12(17)8-10-13/h4-10H,3H2,1-2H3,(H,18,19). The molecule has 0 atom stereocenters. The zero-order chi connectivity index (χ0) is 13.8. The second-order valence-electron chi connectivity index (χ2n) is 4.42. The highest BCUT2D eigenvalue weighted by Gasteiger charge is 2.11. The second kappa shape index (κ2) is 5.65. The van der Waals surface area contributed by atoms with Crippen LogP contribution in [0.3, 0.4) is 0 Å². The number of halogens is 1. The summed E-state index contributed by atoms with van der Waals surface area (Å²) in [6.07, 6.45) is 0.804. The van der Waals surface area contributed by atoms with Gasteiger partial charge in [0.1, 0.15) is 5.82 Å². The fourth-order valence-electron chi connectivity index (χ4n) is 2.12. The first-order valence-electron chi connectivity index (χ1n) is 6.27. The van der Waals surface area contributed by atoms with E-state index < -0.39 is 0 Å². The van der Waals surface area contributed by atoms with Crippen molar-refractivity contribution in [3.05, 3.63) is 65.0 Å². The van der Waals surface area contributed by atoms with Crippen molar-refractivity contribution in [3.8, 4) is 0 Å². The van der Waals surface area contributed by atoms with Crippen molar-refractivity contribution in [2.75, 3.05) is 5.32 Å². The molecular weight excluding hydrogens is 241 g/mol. The first kappa shape index (κ1) is 13.3. The highest BCUT2D eigenvalue weighted by molar-refractivity contribution is 6.05. The van der Waals surface area contributed by atoms with Gasteiger partial charge in [0.25, 0.3) is 5.91 Å². The van der Waals surface area contributed by atoms with E-state index in [9.17, 15) is 9.18 Å². The summed E-state index contributed by atoms with van der Waals surface area (Å²) in [4.78, 5) is 12.2. The van der Waals surface area contributed by atoms with E-state index in [1.165, 1.54) is 12.1 Å². The molecule has 0 aliphatic rings. The lowest BCUT2D eigenvalue weighted by Crippen LogP contribution is -2.14. The molecule has 0 saturated carbocycles. The highest BCUT2D eigenvalue weighted by Crippen LogP contribution is 2.17. The molecule has 0 bridgehead atoms. The lowest BCUT2D eigenvalue weighted by atomic mass is 9.99. The molecule has 98 valence electrons. The molecule has 0 unspecified atom stereocenters. The van der Waals surface area contributed by atoms with E-state index in [0.29, 0.717) is 11.3 Å². The van der Waals surface area contributed by atoms with Crippen LogP contribution in [0.1, 0.15) is 28.4 Å². The number of nitrogens with one attached hydrogen (secondary N) is 1. The van der Waals surface area contributed by atoms with Crippen molar-refractivity contribution in [2.45, 2.75) is 20.3 Å². The summed E-state index contributed by atoms with van der Waals surface area (Å²) >= 11 is 0. The number of carbonyl (C=O) groups excluding carboxylic acids is 1. The van der Waals surface area contributed by atoms with Crippen molar-refractivity contribution in [1.29, 1.82) is 0 Å². The van der Waals surface area contributed by atoms with E-state index >= 15 is 0 Å². The van der Waals surface area contributed by atoms with E-state index in [-0.39, 0.29) is 11.7 Å². The topological polar surface area (TPSA) is 29.1 Å². The molecule has 0 radical (unpaired) electrons. The number of aryl methyl sites for hydroxylation is 1. The molecule has 0 aliphatic carbocycles. The fraction of sp³-hybridized carbons (Fsp3) is 0.188. The molecule has 2 nitrogen and oxygen atoms in total. The Balaban J connectivity index is 2.25. The van der Waals surface area contributed by atoms with Crippen LogP contribution in [0.4, 0.5) is 10.1 Å². The van der Waals surface area contributed by atoms with E-state index in [2.05, 4.69) is 5.32 Å². The monoisotopic (exact) mass is 257 g/mol. The van der Waals surface area contributed by atoms with Crippen molar-refractivity contribution >= 4 is 11.6 Å². The third-order valence-corrected chi connectivity index (χ3v) is 3.11. The Labute approximate surface area is 112 Å².